The van der Waals surface area contributed by atoms with Gasteiger partial charge in [-0.25, -0.2) is 0 Å². The number of rotatable bonds is 2. The highest BCUT2D eigenvalue weighted by Crippen LogP contribution is 2.48. The number of benzene rings is 1. The molecule has 0 aromatic heterocycles. The smallest absolute Gasteiger partial charge is 0.314 e. The summed E-state index contributed by atoms with van der Waals surface area (Å²) in [5.41, 5.74) is 1.18. The van der Waals surface area contributed by atoms with Gasteiger partial charge in [0.2, 0.25) is 0 Å². The Labute approximate surface area is 113 Å². The van der Waals surface area contributed by atoms with Gasteiger partial charge in [0.25, 0.3) is 0 Å². The lowest BCUT2D eigenvalue weighted by Crippen LogP contribution is -2.36. The van der Waals surface area contributed by atoms with Crippen LogP contribution in [0.4, 0.5) is 0 Å². The number of fused-ring (bicyclic) bond motifs is 3. The second-order valence-electron chi connectivity index (χ2n) is 5.63. The molecular formula is C16H20O3. The van der Waals surface area contributed by atoms with Crippen molar-refractivity contribution < 1.29 is 14.3 Å². The summed E-state index contributed by atoms with van der Waals surface area (Å²) in [6.07, 6.45) is 4.45. The zero-order valence-electron chi connectivity index (χ0n) is 11.5. The van der Waals surface area contributed by atoms with Gasteiger partial charge in [-0.15, -0.1) is 0 Å². The molecule has 0 N–H and O–H groups in total. The van der Waals surface area contributed by atoms with Crippen molar-refractivity contribution in [3.63, 3.8) is 0 Å². The molecule has 3 atom stereocenters. The largest absolute Gasteiger partial charge is 0.497 e. The molecule has 0 saturated heterocycles. The van der Waals surface area contributed by atoms with Crippen molar-refractivity contribution in [2.45, 2.75) is 38.5 Å². The number of esters is 1. The number of carbonyl (C=O) groups excluding carboxylic acids is 1. The quantitative estimate of drug-likeness (QED) is 0.603. The van der Waals surface area contributed by atoms with Crippen LogP contribution < -0.4 is 9.47 Å². The molecule has 1 aromatic carbocycles. The summed E-state index contributed by atoms with van der Waals surface area (Å²) in [4.78, 5) is 12.2. The van der Waals surface area contributed by atoms with Gasteiger partial charge in [-0.1, -0.05) is 19.4 Å². The van der Waals surface area contributed by atoms with Crippen molar-refractivity contribution in [3.05, 3.63) is 23.8 Å². The lowest BCUT2D eigenvalue weighted by atomic mass is 9.69. The van der Waals surface area contributed by atoms with Gasteiger partial charge in [0.15, 0.2) is 0 Å². The minimum absolute atomic E-state index is 0.0519. The molecule has 0 radical (unpaired) electrons. The Bertz CT molecular complexity index is 495. The maximum atomic E-state index is 12.2. The summed E-state index contributed by atoms with van der Waals surface area (Å²) in [5.74, 6) is 2.45. The van der Waals surface area contributed by atoms with Gasteiger partial charge in [-0.2, -0.15) is 0 Å². The minimum atomic E-state index is -0.0519. The predicted molar refractivity (Wildman–Crippen MR) is 72.5 cm³/mol. The summed E-state index contributed by atoms with van der Waals surface area (Å²) in [7, 11) is 1.63. The summed E-state index contributed by atoms with van der Waals surface area (Å²) < 4.78 is 10.7. The molecule has 3 rings (SSSR count). The fourth-order valence-corrected chi connectivity index (χ4v) is 3.48. The first-order valence-corrected chi connectivity index (χ1v) is 7.12. The van der Waals surface area contributed by atoms with Crippen LogP contribution >= 0.6 is 0 Å². The molecule has 1 saturated carbocycles. The van der Waals surface area contributed by atoms with Crippen molar-refractivity contribution in [3.8, 4) is 11.5 Å². The topological polar surface area (TPSA) is 35.5 Å². The van der Waals surface area contributed by atoms with Crippen molar-refractivity contribution >= 4 is 5.97 Å². The lowest BCUT2D eigenvalue weighted by molar-refractivity contribution is -0.143. The van der Waals surface area contributed by atoms with Crippen LogP contribution in [0.2, 0.25) is 0 Å². The number of carbonyl (C=O) groups is 1. The third-order valence-electron chi connectivity index (χ3n) is 4.67. The number of methoxy groups -OCH3 is 1. The fourth-order valence-electron chi connectivity index (χ4n) is 3.48. The third-order valence-corrected chi connectivity index (χ3v) is 4.67. The van der Waals surface area contributed by atoms with Gasteiger partial charge in [-0.05, 0) is 36.8 Å². The first-order chi connectivity index (χ1) is 9.22. The van der Waals surface area contributed by atoms with Crippen LogP contribution in [0, 0.1) is 11.8 Å². The number of hydrogen-bond acceptors (Lipinski definition) is 3. The van der Waals surface area contributed by atoms with Gasteiger partial charge < -0.3 is 9.47 Å². The second kappa shape index (κ2) is 4.87. The summed E-state index contributed by atoms with van der Waals surface area (Å²) >= 11 is 0. The summed E-state index contributed by atoms with van der Waals surface area (Å²) in [6, 6.07) is 5.85. The third kappa shape index (κ3) is 2.11. The molecular weight excluding hydrogens is 240 g/mol. The molecule has 3 nitrogen and oxygen atoms in total. The van der Waals surface area contributed by atoms with E-state index in [9.17, 15) is 4.79 Å². The van der Waals surface area contributed by atoms with Crippen LogP contribution in [0.25, 0.3) is 0 Å². The van der Waals surface area contributed by atoms with Crippen LogP contribution in [0.15, 0.2) is 18.2 Å². The minimum Gasteiger partial charge on any atom is -0.497 e. The second-order valence-corrected chi connectivity index (χ2v) is 5.63. The Morgan fingerprint density at radius 3 is 2.89 bits per heavy atom. The van der Waals surface area contributed by atoms with Gasteiger partial charge in [0.05, 0.1) is 13.0 Å². The first kappa shape index (κ1) is 12.5. The fraction of sp³-hybridized carbons (Fsp3) is 0.562. The van der Waals surface area contributed by atoms with Crippen LogP contribution in [-0.2, 0) is 4.79 Å². The van der Waals surface area contributed by atoms with E-state index < -0.39 is 0 Å². The van der Waals surface area contributed by atoms with Crippen LogP contribution in [-0.4, -0.2) is 13.1 Å². The van der Waals surface area contributed by atoms with E-state index in [0.717, 1.165) is 25.0 Å². The summed E-state index contributed by atoms with van der Waals surface area (Å²) in [6.45, 7) is 2.21. The Kier molecular flexibility index (Phi) is 3.21. The van der Waals surface area contributed by atoms with E-state index in [-0.39, 0.29) is 11.9 Å². The van der Waals surface area contributed by atoms with Crippen LogP contribution in [0.3, 0.4) is 0 Å². The Hall–Kier alpha value is -1.51. The first-order valence-electron chi connectivity index (χ1n) is 7.12. The Morgan fingerprint density at radius 1 is 1.32 bits per heavy atom. The van der Waals surface area contributed by atoms with Crippen molar-refractivity contribution in [2.75, 3.05) is 7.11 Å². The van der Waals surface area contributed by atoms with Crippen LogP contribution in [0.1, 0.15) is 44.1 Å². The molecule has 1 aliphatic carbocycles. The van der Waals surface area contributed by atoms with Gasteiger partial charge in [0, 0.05) is 12.0 Å². The lowest BCUT2D eigenvalue weighted by Gasteiger charge is -2.38. The molecule has 1 aromatic rings. The van der Waals surface area contributed by atoms with Crippen molar-refractivity contribution in [2.24, 2.45) is 11.8 Å². The molecule has 1 heterocycles. The van der Waals surface area contributed by atoms with Crippen molar-refractivity contribution in [1.29, 1.82) is 0 Å². The highest BCUT2D eigenvalue weighted by Gasteiger charge is 2.41. The molecule has 3 unspecified atom stereocenters. The van der Waals surface area contributed by atoms with Gasteiger partial charge in [0.1, 0.15) is 11.5 Å². The molecule has 19 heavy (non-hydrogen) atoms. The molecule has 2 aliphatic rings. The van der Waals surface area contributed by atoms with E-state index in [2.05, 4.69) is 13.0 Å². The zero-order chi connectivity index (χ0) is 13.4. The average molecular weight is 260 g/mol. The standard InChI is InChI=1S/C16H20O3/c1-3-10-4-6-12-13-7-5-11(18-2)9-15(13)19-16(17)14(12)8-10/h5,7,9-10,12,14H,3-4,6,8H2,1-2H3. The highest BCUT2D eigenvalue weighted by atomic mass is 16.5. The molecule has 102 valence electrons. The van der Waals surface area contributed by atoms with Crippen molar-refractivity contribution in [1.82, 2.24) is 0 Å². The molecule has 0 amide bonds. The Morgan fingerprint density at radius 2 is 2.16 bits per heavy atom. The highest BCUT2D eigenvalue weighted by molar-refractivity contribution is 5.79. The number of ether oxygens (including phenoxy) is 2. The molecule has 1 fully saturated rings. The van der Waals surface area contributed by atoms with E-state index in [0.29, 0.717) is 17.6 Å². The maximum Gasteiger partial charge on any atom is 0.314 e. The normalized spacial score (nSPS) is 29.2. The maximum absolute atomic E-state index is 12.2. The SMILES string of the molecule is CCC1CCC2c3ccc(OC)cc3OC(=O)C2C1. The van der Waals surface area contributed by atoms with Gasteiger partial charge >= 0.3 is 5.97 Å². The van der Waals surface area contributed by atoms with Gasteiger partial charge in [-0.3, -0.25) is 4.79 Å². The van der Waals surface area contributed by atoms with Crippen LogP contribution in [0.5, 0.6) is 11.5 Å². The summed E-state index contributed by atoms with van der Waals surface area (Å²) in [5, 5.41) is 0. The van der Waals surface area contributed by atoms with E-state index >= 15 is 0 Å². The molecule has 1 aliphatic heterocycles. The van der Waals surface area contributed by atoms with E-state index in [1.54, 1.807) is 7.11 Å². The van der Waals surface area contributed by atoms with E-state index in [1.165, 1.54) is 12.0 Å². The molecule has 0 spiro atoms. The molecule has 0 bridgehead atoms. The monoisotopic (exact) mass is 260 g/mol. The number of hydrogen-bond donors (Lipinski definition) is 0. The van der Waals surface area contributed by atoms with E-state index in [1.807, 2.05) is 12.1 Å². The zero-order valence-corrected chi connectivity index (χ0v) is 11.5. The predicted octanol–water partition coefficient (Wildman–Crippen LogP) is 3.52. The Balaban J connectivity index is 1.93. The van der Waals surface area contributed by atoms with E-state index in [4.69, 9.17) is 9.47 Å². The average Bonchev–Trinajstić information content (AvgIpc) is 2.46. The molecule has 3 heteroatoms.